The second kappa shape index (κ2) is 16.5. The second-order valence-electron chi connectivity index (χ2n) is 14.1. The van der Waals surface area contributed by atoms with E-state index in [2.05, 4.69) is 45.8 Å². The van der Waals surface area contributed by atoms with E-state index in [1.807, 2.05) is 13.8 Å². The summed E-state index contributed by atoms with van der Waals surface area (Å²) in [6.45, 7) is 15.0. The summed E-state index contributed by atoms with van der Waals surface area (Å²) in [5.41, 5.74) is -1.45. The van der Waals surface area contributed by atoms with Crippen molar-refractivity contribution in [1.82, 2.24) is 20.2 Å². The SMILES string of the molecule is C=CCC[C@@H]1C[C@H]1OC(=O)N[C@H](C(=O)N1C[C@H](Oc2nc3cc(OC(F)(F)F)ccc3nc2C(F)(F)C=C)[C@@H](CC)[C@H]1C(=O)OCC(C)C)C(C)(C)S. The van der Waals surface area contributed by atoms with Crippen molar-refractivity contribution in [2.45, 2.75) is 102 Å². The summed E-state index contributed by atoms with van der Waals surface area (Å²) in [5.74, 6) is -7.56. The van der Waals surface area contributed by atoms with Crippen molar-refractivity contribution >= 4 is 41.6 Å². The van der Waals surface area contributed by atoms with Gasteiger partial charge in [-0.3, -0.25) is 4.79 Å². The van der Waals surface area contributed by atoms with E-state index in [0.29, 0.717) is 12.5 Å². The fraction of sp³-hybridized carbons (Fsp3) is 0.583. The van der Waals surface area contributed by atoms with Crippen LogP contribution < -0.4 is 14.8 Å². The Morgan fingerprint density at radius 2 is 1.79 bits per heavy atom. The number of fused-ring (bicyclic) bond motifs is 1. The smallest absolute Gasteiger partial charge is 0.471 e. The number of likely N-dealkylation sites (tertiary alicyclic amines) is 1. The molecular formula is C36H45F5N4O7S. The van der Waals surface area contributed by atoms with Gasteiger partial charge in [-0.2, -0.15) is 21.4 Å². The van der Waals surface area contributed by atoms with Crippen molar-refractivity contribution in [3.05, 3.63) is 49.2 Å². The van der Waals surface area contributed by atoms with E-state index in [4.69, 9.17) is 14.2 Å². The molecule has 2 fully saturated rings. The van der Waals surface area contributed by atoms with E-state index < -0.39 is 76.4 Å². The van der Waals surface area contributed by atoms with Crippen LogP contribution in [0.1, 0.15) is 66.0 Å². The van der Waals surface area contributed by atoms with Gasteiger partial charge >= 0.3 is 24.3 Å². The molecule has 2 heterocycles. The largest absolute Gasteiger partial charge is 0.573 e. The number of carbonyl (C=O) groups excluding carboxylic acids is 3. The number of hydrogen-bond acceptors (Lipinski definition) is 10. The molecule has 1 saturated carbocycles. The highest BCUT2D eigenvalue weighted by molar-refractivity contribution is 7.81. The molecular weight excluding hydrogens is 727 g/mol. The van der Waals surface area contributed by atoms with Crippen LogP contribution in [0.2, 0.25) is 0 Å². The van der Waals surface area contributed by atoms with Crippen LogP contribution in [0, 0.1) is 17.8 Å². The minimum atomic E-state index is -5.04. The third kappa shape index (κ3) is 10.5. The molecule has 53 heavy (non-hydrogen) atoms. The van der Waals surface area contributed by atoms with Crippen LogP contribution in [0.5, 0.6) is 11.6 Å². The van der Waals surface area contributed by atoms with Crippen LogP contribution in [0.25, 0.3) is 11.0 Å². The molecule has 1 aromatic carbocycles. The average Bonchev–Trinajstić information content (AvgIpc) is 3.70. The first-order valence-corrected chi connectivity index (χ1v) is 17.7. The summed E-state index contributed by atoms with van der Waals surface area (Å²) in [6.07, 6.45) is -2.95. The summed E-state index contributed by atoms with van der Waals surface area (Å²) >= 11 is 4.58. The Bertz CT molecular complexity index is 1690. The maximum atomic E-state index is 15.3. The minimum absolute atomic E-state index is 0.00792. The third-order valence-corrected chi connectivity index (χ3v) is 9.15. The highest BCUT2D eigenvalue weighted by atomic mass is 32.1. The van der Waals surface area contributed by atoms with Gasteiger partial charge in [-0.05, 0) is 69.6 Å². The number of thiol groups is 1. The van der Waals surface area contributed by atoms with Gasteiger partial charge in [0.15, 0.2) is 5.69 Å². The summed E-state index contributed by atoms with van der Waals surface area (Å²) in [5, 5.41) is 2.60. The van der Waals surface area contributed by atoms with Gasteiger partial charge in [0.1, 0.15) is 30.0 Å². The number of halogens is 5. The Labute approximate surface area is 310 Å². The number of alkyl halides is 5. The molecule has 1 N–H and O–H groups in total. The molecule has 17 heteroatoms. The Hall–Kier alpha value is -4.15. The van der Waals surface area contributed by atoms with Crippen LogP contribution in [-0.4, -0.2) is 81.4 Å². The van der Waals surface area contributed by atoms with Gasteiger partial charge < -0.3 is 29.2 Å². The molecule has 0 unspecified atom stereocenters. The van der Waals surface area contributed by atoms with E-state index in [9.17, 15) is 27.6 Å². The number of benzene rings is 1. The van der Waals surface area contributed by atoms with Crippen molar-refractivity contribution < 1.29 is 55.3 Å². The summed E-state index contributed by atoms with van der Waals surface area (Å²) in [6, 6.07) is 0.149. The van der Waals surface area contributed by atoms with E-state index in [-0.39, 0.29) is 48.5 Å². The lowest BCUT2D eigenvalue weighted by atomic mass is 9.94. The van der Waals surface area contributed by atoms with Crippen molar-refractivity contribution in [1.29, 1.82) is 0 Å². The fourth-order valence-corrected chi connectivity index (χ4v) is 6.28. The topological polar surface area (TPSA) is 129 Å². The van der Waals surface area contributed by atoms with Crippen LogP contribution in [0.3, 0.4) is 0 Å². The molecule has 2 aromatic rings. The number of aromatic nitrogens is 2. The quantitative estimate of drug-likeness (QED) is 0.0792. The molecule has 11 nitrogen and oxygen atoms in total. The molecule has 4 rings (SSSR count). The second-order valence-corrected chi connectivity index (χ2v) is 15.3. The molecule has 2 amide bonds. The molecule has 1 aliphatic heterocycles. The number of nitrogens with one attached hydrogen (secondary N) is 1. The predicted molar refractivity (Wildman–Crippen MR) is 188 cm³/mol. The number of amides is 2. The molecule has 1 saturated heterocycles. The van der Waals surface area contributed by atoms with Gasteiger partial charge in [0.2, 0.25) is 11.8 Å². The fourth-order valence-electron chi connectivity index (χ4n) is 6.10. The molecule has 292 valence electrons. The Morgan fingerprint density at radius 3 is 2.38 bits per heavy atom. The van der Waals surface area contributed by atoms with E-state index in [1.165, 1.54) is 0 Å². The van der Waals surface area contributed by atoms with Gasteiger partial charge in [-0.1, -0.05) is 33.4 Å². The minimum Gasteiger partial charge on any atom is -0.471 e. The third-order valence-electron chi connectivity index (χ3n) is 8.90. The first kappa shape index (κ1) is 41.6. The Balaban J connectivity index is 1.71. The van der Waals surface area contributed by atoms with Crippen LogP contribution in [0.15, 0.2) is 43.5 Å². The van der Waals surface area contributed by atoms with Gasteiger partial charge in [0, 0.05) is 16.7 Å². The van der Waals surface area contributed by atoms with Gasteiger partial charge in [0.05, 0.1) is 24.2 Å². The van der Waals surface area contributed by atoms with Crippen molar-refractivity contribution in [3.63, 3.8) is 0 Å². The van der Waals surface area contributed by atoms with Gasteiger partial charge in [0.25, 0.3) is 0 Å². The summed E-state index contributed by atoms with van der Waals surface area (Å²) in [7, 11) is 0. The maximum Gasteiger partial charge on any atom is 0.573 e. The van der Waals surface area contributed by atoms with E-state index in [0.717, 1.165) is 35.9 Å². The normalized spacial score (nSPS) is 22.3. The molecule has 6 atom stereocenters. The molecule has 1 aliphatic carbocycles. The maximum absolute atomic E-state index is 15.3. The van der Waals surface area contributed by atoms with Crippen LogP contribution in [-0.2, 0) is 25.0 Å². The highest BCUT2D eigenvalue weighted by Crippen LogP contribution is 2.40. The summed E-state index contributed by atoms with van der Waals surface area (Å²) < 4.78 is 89.4. The number of carbonyl (C=O) groups is 3. The molecule has 2 aliphatic rings. The van der Waals surface area contributed by atoms with Gasteiger partial charge in [-0.15, -0.1) is 19.8 Å². The average molecular weight is 773 g/mol. The number of ether oxygens (including phenoxy) is 4. The number of esters is 1. The van der Waals surface area contributed by atoms with Gasteiger partial charge in [-0.25, -0.2) is 19.6 Å². The molecule has 1 aromatic heterocycles. The predicted octanol–water partition coefficient (Wildman–Crippen LogP) is 7.15. The van der Waals surface area contributed by atoms with E-state index in [1.54, 1.807) is 26.8 Å². The molecule has 0 radical (unpaired) electrons. The zero-order chi connectivity index (χ0) is 39.5. The summed E-state index contributed by atoms with van der Waals surface area (Å²) in [4.78, 5) is 50.4. The van der Waals surface area contributed by atoms with E-state index >= 15 is 8.78 Å². The lowest BCUT2D eigenvalue weighted by molar-refractivity contribution is -0.274. The van der Waals surface area contributed by atoms with Crippen molar-refractivity contribution in [3.8, 4) is 11.6 Å². The number of hydrogen-bond donors (Lipinski definition) is 2. The Kier molecular flexibility index (Phi) is 12.9. The zero-order valence-electron chi connectivity index (χ0n) is 30.1. The monoisotopic (exact) mass is 772 g/mol. The highest BCUT2D eigenvalue weighted by Gasteiger charge is 2.53. The first-order chi connectivity index (χ1) is 24.7. The Morgan fingerprint density at radius 1 is 1.09 bits per heavy atom. The van der Waals surface area contributed by atoms with Crippen molar-refractivity contribution in [2.24, 2.45) is 17.8 Å². The lowest BCUT2D eigenvalue weighted by Gasteiger charge is -2.34. The number of nitrogens with zero attached hydrogens (tertiary/aromatic N) is 3. The zero-order valence-corrected chi connectivity index (χ0v) is 31.0. The standard InChI is InChI=1S/C36H45F5N4O7S/c1-8-11-12-20-15-25(20)51-33(48)44-29(34(6,7)53)31(46)45-17-26(22(9-2)27(45)32(47)49-18-19(4)5)50-30-28(35(37,38)10-3)42-23-14-13-21(16-24(23)43-30)52-36(39,40)41/h8,10,13-14,16,19-20,22,25-27,29,53H,1,3,9,11-12,15,17-18H2,2,4-7H3,(H,44,48)/t20-,22-,25-,26+,27+,29-/m1/s1. The number of rotatable bonds is 16. The van der Waals surface area contributed by atoms with Crippen LogP contribution in [0.4, 0.5) is 26.7 Å². The van der Waals surface area contributed by atoms with Crippen LogP contribution >= 0.6 is 12.6 Å². The lowest BCUT2D eigenvalue weighted by Crippen LogP contribution is -2.59. The molecule has 0 bridgehead atoms. The first-order valence-electron chi connectivity index (χ1n) is 17.2. The number of alkyl carbamates (subject to hydrolysis) is 1. The molecule has 0 spiro atoms. The van der Waals surface area contributed by atoms with Crippen molar-refractivity contribution in [2.75, 3.05) is 13.2 Å². The number of allylic oxidation sites excluding steroid dienone is 2.